The molecule has 0 radical (unpaired) electrons. The highest BCUT2D eigenvalue weighted by molar-refractivity contribution is 6.29. The van der Waals surface area contributed by atoms with Gasteiger partial charge in [-0.2, -0.15) is 0 Å². The monoisotopic (exact) mass is 449 g/mol. The van der Waals surface area contributed by atoms with Gasteiger partial charge < -0.3 is 15.2 Å². The Morgan fingerprint density at radius 2 is 1.27 bits per heavy atom. The molecule has 5 rings (SSSR count). The molecule has 2 heterocycles. The third kappa shape index (κ3) is 4.46. The maximum Gasteiger partial charge on any atom is 0.194 e. The van der Waals surface area contributed by atoms with Gasteiger partial charge in [0.15, 0.2) is 11.6 Å². The second-order valence-electron chi connectivity index (χ2n) is 8.97. The lowest BCUT2D eigenvalue weighted by Crippen LogP contribution is -2.38. The first-order valence-electron chi connectivity index (χ1n) is 11.9. The molecule has 2 aromatic rings. The lowest BCUT2D eigenvalue weighted by molar-refractivity contribution is 0.0383. The molecule has 1 aliphatic carbocycles. The molecule has 7 nitrogen and oxygen atoms in total. The fraction of sp³-hybridized carbons (Fsp3) is 0.462. The molecule has 2 aliphatic heterocycles. The summed E-state index contributed by atoms with van der Waals surface area (Å²) in [6, 6.07) is 9.08. The number of carbonyl (C=O) groups is 2. The number of benzene rings is 2. The number of morpholine rings is 2. The van der Waals surface area contributed by atoms with Crippen molar-refractivity contribution in [3.05, 3.63) is 63.7 Å². The zero-order chi connectivity index (χ0) is 22.8. The highest BCUT2D eigenvalue weighted by atomic mass is 16.5. The van der Waals surface area contributed by atoms with Gasteiger partial charge in [-0.05, 0) is 30.0 Å². The Morgan fingerprint density at radius 3 is 1.85 bits per heavy atom. The number of hydrogen-bond acceptors (Lipinski definition) is 7. The quantitative estimate of drug-likeness (QED) is 0.575. The van der Waals surface area contributed by atoms with E-state index in [4.69, 9.17) is 15.2 Å². The van der Waals surface area contributed by atoms with Crippen LogP contribution in [0.3, 0.4) is 0 Å². The highest BCUT2D eigenvalue weighted by Gasteiger charge is 2.34. The smallest absolute Gasteiger partial charge is 0.194 e. The second kappa shape index (κ2) is 9.73. The number of nitrogens with two attached hydrogens (primary N) is 1. The molecule has 0 spiro atoms. The van der Waals surface area contributed by atoms with Gasteiger partial charge in [0.1, 0.15) is 0 Å². The van der Waals surface area contributed by atoms with Crippen LogP contribution in [0, 0.1) is 0 Å². The highest BCUT2D eigenvalue weighted by Crippen LogP contribution is 2.35. The largest absolute Gasteiger partial charge is 0.398 e. The van der Waals surface area contributed by atoms with Crippen molar-refractivity contribution in [3.8, 4) is 0 Å². The number of nitrogen functional groups attached to an aromatic ring is 1. The Balaban J connectivity index is 1.51. The fourth-order valence-electron chi connectivity index (χ4n) is 5.13. The summed E-state index contributed by atoms with van der Waals surface area (Å²) in [6.45, 7) is 8.00. The number of rotatable bonds is 6. The van der Waals surface area contributed by atoms with Crippen LogP contribution in [-0.4, -0.2) is 87.1 Å². The first-order chi connectivity index (χ1) is 16.1. The summed E-state index contributed by atoms with van der Waals surface area (Å²) in [5.74, 6) is -0.151. The van der Waals surface area contributed by atoms with Gasteiger partial charge in [-0.15, -0.1) is 0 Å². The Hall–Kier alpha value is -2.58. The van der Waals surface area contributed by atoms with Crippen molar-refractivity contribution in [1.29, 1.82) is 0 Å². The maximum absolute atomic E-state index is 13.7. The Labute approximate surface area is 194 Å². The number of nitrogens with zero attached hydrogens (tertiary/aromatic N) is 2. The van der Waals surface area contributed by atoms with E-state index in [-0.39, 0.29) is 11.6 Å². The molecule has 0 atom stereocenters. The molecule has 2 aromatic carbocycles. The normalized spacial score (nSPS) is 19.4. The van der Waals surface area contributed by atoms with E-state index in [2.05, 4.69) is 9.80 Å². The third-order valence-electron chi connectivity index (χ3n) is 7.00. The molecule has 2 saturated heterocycles. The van der Waals surface area contributed by atoms with E-state index in [1.54, 1.807) is 12.1 Å². The number of hydrogen-bond donors (Lipinski definition) is 1. The van der Waals surface area contributed by atoms with Gasteiger partial charge >= 0.3 is 0 Å². The van der Waals surface area contributed by atoms with Crippen molar-refractivity contribution in [2.75, 3.05) is 71.4 Å². The van der Waals surface area contributed by atoms with E-state index in [1.807, 2.05) is 18.2 Å². The molecule has 3 aliphatic rings. The fourth-order valence-corrected chi connectivity index (χ4v) is 5.13. The van der Waals surface area contributed by atoms with Crippen LogP contribution in [0.25, 0.3) is 0 Å². The number of ether oxygens (including phenoxy) is 2. The van der Waals surface area contributed by atoms with E-state index in [1.165, 1.54) is 0 Å². The van der Waals surface area contributed by atoms with Crippen molar-refractivity contribution in [1.82, 2.24) is 9.80 Å². The van der Waals surface area contributed by atoms with Gasteiger partial charge in [0, 0.05) is 67.2 Å². The van der Waals surface area contributed by atoms with Crippen LogP contribution in [0.15, 0.2) is 30.3 Å². The average molecular weight is 450 g/mol. The molecule has 0 unspecified atom stereocenters. The minimum atomic E-state index is -0.0860. The summed E-state index contributed by atoms with van der Waals surface area (Å²) in [5.41, 5.74) is 10.9. The molecular formula is C26H31N3O4. The molecular weight excluding hydrogens is 418 g/mol. The van der Waals surface area contributed by atoms with Gasteiger partial charge in [0.05, 0.1) is 26.4 Å². The Bertz CT molecular complexity index is 1060. The summed E-state index contributed by atoms with van der Waals surface area (Å²) in [7, 11) is 0. The van der Waals surface area contributed by atoms with Crippen LogP contribution in [0.2, 0.25) is 0 Å². The number of anilines is 1. The maximum atomic E-state index is 13.7. The summed E-state index contributed by atoms with van der Waals surface area (Å²) in [4.78, 5) is 32.0. The molecule has 2 N–H and O–H groups in total. The lowest BCUT2D eigenvalue weighted by Gasteiger charge is -2.29. The lowest BCUT2D eigenvalue weighted by atomic mass is 9.78. The third-order valence-corrected chi connectivity index (χ3v) is 7.00. The van der Waals surface area contributed by atoms with Crippen molar-refractivity contribution in [3.63, 3.8) is 0 Å². The molecule has 0 aromatic heterocycles. The molecule has 33 heavy (non-hydrogen) atoms. The van der Waals surface area contributed by atoms with Crippen molar-refractivity contribution in [2.45, 2.75) is 12.8 Å². The van der Waals surface area contributed by atoms with Crippen LogP contribution >= 0.6 is 0 Å². The van der Waals surface area contributed by atoms with Crippen molar-refractivity contribution >= 4 is 17.3 Å². The van der Waals surface area contributed by atoms with Crippen LogP contribution in [-0.2, 0) is 22.3 Å². The van der Waals surface area contributed by atoms with Crippen LogP contribution in [0.5, 0.6) is 0 Å². The average Bonchev–Trinajstić information content (AvgIpc) is 2.86. The Kier molecular flexibility index (Phi) is 6.55. The predicted molar refractivity (Wildman–Crippen MR) is 126 cm³/mol. The molecule has 7 heteroatoms. The van der Waals surface area contributed by atoms with E-state index in [0.717, 1.165) is 76.8 Å². The van der Waals surface area contributed by atoms with Crippen molar-refractivity contribution in [2.24, 2.45) is 0 Å². The zero-order valence-electron chi connectivity index (χ0n) is 19.0. The standard InChI is InChI=1S/C26H31N3O4/c27-22-17-18(5-7-28-9-13-32-14-10-28)23-24(21(22)6-8-29-11-15-33-16-12-29)26(31)20-4-2-1-3-19(20)25(23)30/h1-4,17H,5-16,27H2. The summed E-state index contributed by atoms with van der Waals surface area (Å²) in [5, 5.41) is 0. The number of fused-ring (bicyclic) bond motifs is 2. The van der Waals surface area contributed by atoms with Crippen LogP contribution in [0.4, 0.5) is 5.69 Å². The summed E-state index contributed by atoms with van der Waals surface area (Å²) >= 11 is 0. The minimum absolute atomic E-state index is 0.0650. The molecule has 0 saturated carbocycles. The number of ketones is 2. The first kappa shape index (κ1) is 22.2. The molecule has 0 amide bonds. The van der Waals surface area contributed by atoms with E-state index in [0.29, 0.717) is 40.8 Å². The van der Waals surface area contributed by atoms with E-state index >= 15 is 0 Å². The summed E-state index contributed by atoms with van der Waals surface area (Å²) in [6.07, 6.45) is 1.32. The van der Waals surface area contributed by atoms with Gasteiger partial charge in [-0.25, -0.2) is 0 Å². The van der Waals surface area contributed by atoms with Gasteiger partial charge in [-0.1, -0.05) is 24.3 Å². The van der Waals surface area contributed by atoms with Crippen LogP contribution in [0.1, 0.15) is 43.0 Å². The van der Waals surface area contributed by atoms with Crippen LogP contribution < -0.4 is 5.73 Å². The SMILES string of the molecule is Nc1cc(CCN2CCOCC2)c2c(c1CCN1CCOCC1)C(=O)c1ccccc1C2=O. The Morgan fingerprint density at radius 1 is 0.758 bits per heavy atom. The van der Waals surface area contributed by atoms with Crippen molar-refractivity contribution < 1.29 is 19.1 Å². The predicted octanol–water partition coefficient (Wildman–Crippen LogP) is 1.79. The van der Waals surface area contributed by atoms with E-state index in [9.17, 15) is 9.59 Å². The zero-order valence-corrected chi connectivity index (χ0v) is 19.0. The van der Waals surface area contributed by atoms with Gasteiger partial charge in [-0.3, -0.25) is 19.4 Å². The minimum Gasteiger partial charge on any atom is -0.398 e. The topological polar surface area (TPSA) is 85.1 Å². The van der Waals surface area contributed by atoms with Gasteiger partial charge in [0.25, 0.3) is 0 Å². The number of carbonyl (C=O) groups excluding carboxylic acids is 2. The molecule has 2 fully saturated rings. The molecule has 0 bridgehead atoms. The first-order valence-corrected chi connectivity index (χ1v) is 11.9. The van der Waals surface area contributed by atoms with Gasteiger partial charge in [0.2, 0.25) is 0 Å². The second-order valence-corrected chi connectivity index (χ2v) is 8.97. The van der Waals surface area contributed by atoms with E-state index < -0.39 is 0 Å². The molecule has 174 valence electrons. The summed E-state index contributed by atoms with van der Waals surface area (Å²) < 4.78 is 10.9.